The Morgan fingerprint density at radius 3 is 2.83 bits per heavy atom. The molecule has 1 aromatic heterocycles. The second-order valence-electron chi connectivity index (χ2n) is 6.39. The molecule has 1 aliphatic heterocycles. The summed E-state index contributed by atoms with van der Waals surface area (Å²) in [5.74, 6) is 0.802. The lowest BCUT2D eigenvalue weighted by Gasteiger charge is -2.37. The minimum atomic E-state index is 0.420. The van der Waals surface area contributed by atoms with E-state index in [4.69, 9.17) is 23.2 Å². The maximum Gasteiger partial charge on any atom is 0.225 e. The van der Waals surface area contributed by atoms with Crippen LogP contribution in [-0.2, 0) is 6.54 Å². The summed E-state index contributed by atoms with van der Waals surface area (Å²) in [7, 11) is 2.09. The number of rotatable bonds is 4. The lowest BCUT2D eigenvalue weighted by atomic mass is 10.0. The Morgan fingerprint density at radius 1 is 1.25 bits per heavy atom. The minimum Gasteiger partial charge on any atom is -0.340 e. The van der Waals surface area contributed by atoms with Gasteiger partial charge in [0.2, 0.25) is 5.95 Å². The smallest absolute Gasteiger partial charge is 0.225 e. The van der Waals surface area contributed by atoms with Crippen LogP contribution in [0.4, 0.5) is 5.95 Å². The number of piperidine rings is 1. The van der Waals surface area contributed by atoms with E-state index in [2.05, 4.69) is 26.8 Å². The third-order valence-electron chi connectivity index (χ3n) is 4.52. The van der Waals surface area contributed by atoms with Crippen LogP contribution < -0.4 is 4.90 Å². The molecular weight excluding hydrogens is 343 g/mol. The van der Waals surface area contributed by atoms with E-state index in [0.717, 1.165) is 37.7 Å². The summed E-state index contributed by atoms with van der Waals surface area (Å²) in [5.41, 5.74) is 2.19. The van der Waals surface area contributed by atoms with E-state index in [1.54, 1.807) is 0 Å². The summed E-state index contributed by atoms with van der Waals surface area (Å²) in [6, 6.07) is 8.22. The topological polar surface area (TPSA) is 32.3 Å². The number of likely N-dealkylation sites (N-methyl/N-ethyl adjacent to an activating group) is 1. The Kier molecular flexibility index (Phi) is 5.59. The van der Waals surface area contributed by atoms with Gasteiger partial charge in [0.05, 0.1) is 10.0 Å². The van der Waals surface area contributed by atoms with Crippen LogP contribution in [0.25, 0.3) is 0 Å². The SMILES string of the molecule is Cc1ccnc(N(C)C2CCCN(Cc3ccc(Cl)c(Cl)c3)C2)n1. The molecule has 0 radical (unpaired) electrons. The van der Waals surface area contributed by atoms with Gasteiger partial charge in [-0.3, -0.25) is 4.90 Å². The van der Waals surface area contributed by atoms with Gasteiger partial charge < -0.3 is 4.90 Å². The highest BCUT2D eigenvalue weighted by atomic mass is 35.5. The molecule has 2 aromatic rings. The van der Waals surface area contributed by atoms with Crippen molar-refractivity contribution in [3.63, 3.8) is 0 Å². The summed E-state index contributed by atoms with van der Waals surface area (Å²) >= 11 is 12.1. The average molecular weight is 365 g/mol. The molecule has 1 atom stereocenters. The number of hydrogen-bond acceptors (Lipinski definition) is 4. The van der Waals surface area contributed by atoms with Crippen molar-refractivity contribution in [3.05, 3.63) is 51.8 Å². The van der Waals surface area contributed by atoms with Gasteiger partial charge in [-0.1, -0.05) is 29.3 Å². The molecule has 0 amide bonds. The first-order chi connectivity index (χ1) is 11.5. The number of likely N-dealkylation sites (tertiary alicyclic amines) is 1. The molecule has 0 saturated carbocycles. The standard InChI is InChI=1S/C18H22Cl2N4/c1-13-7-8-21-18(22-13)23(2)15-4-3-9-24(12-15)11-14-5-6-16(19)17(20)10-14/h5-8,10,15H,3-4,9,11-12H2,1-2H3. The minimum absolute atomic E-state index is 0.420. The highest BCUT2D eigenvalue weighted by Crippen LogP contribution is 2.25. The molecule has 1 saturated heterocycles. The van der Waals surface area contributed by atoms with Crippen molar-refractivity contribution in [1.82, 2.24) is 14.9 Å². The number of benzene rings is 1. The zero-order valence-electron chi connectivity index (χ0n) is 14.0. The molecule has 2 heterocycles. The zero-order chi connectivity index (χ0) is 17.1. The van der Waals surface area contributed by atoms with E-state index < -0.39 is 0 Å². The molecule has 3 rings (SSSR count). The lowest BCUT2D eigenvalue weighted by Crippen LogP contribution is -2.46. The van der Waals surface area contributed by atoms with Crippen LogP contribution in [0.3, 0.4) is 0 Å². The predicted octanol–water partition coefficient (Wildman–Crippen LogP) is 4.19. The molecule has 1 aliphatic rings. The predicted molar refractivity (Wildman–Crippen MR) is 99.9 cm³/mol. The van der Waals surface area contributed by atoms with E-state index in [-0.39, 0.29) is 0 Å². The number of aryl methyl sites for hydroxylation is 1. The molecule has 1 unspecified atom stereocenters. The van der Waals surface area contributed by atoms with Gasteiger partial charge in [0.15, 0.2) is 0 Å². The van der Waals surface area contributed by atoms with Crippen LogP contribution in [-0.4, -0.2) is 41.0 Å². The summed E-state index contributed by atoms with van der Waals surface area (Å²) in [6.45, 7) is 4.97. The van der Waals surface area contributed by atoms with E-state index in [1.807, 2.05) is 37.4 Å². The van der Waals surface area contributed by atoms with Crippen LogP contribution in [0.1, 0.15) is 24.1 Å². The van der Waals surface area contributed by atoms with Crippen molar-refractivity contribution in [1.29, 1.82) is 0 Å². The maximum absolute atomic E-state index is 6.13. The second-order valence-corrected chi connectivity index (χ2v) is 7.20. The van der Waals surface area contributed by atoms with Crippen molar-refractivity contribution < 1.29 is 0 Å². The number of anilines is 1. The summed E-state index contributed by atoms with van der Waals surface area (Å²) in [5, 5.41) is 1.22. The molecule has 0 bridgehead atoms. The Hall–Kier alpha value is -1.36. The van der Waals surface area contributed by atoms with Gasteiger partial charge in [-0.15, -0.1) is 0 Å². The van der Waals surface area contributed by atoms with E-state index >= 15 is 0 Å². The zero-order valence-corrected chi connectivity index (χ0v) is 15.6. The monoisotopic (exact) mass is 364 g/mol. The highest BCUT2D eigenvalue weighted by molar-refractivity contribution is 6.42. The van der Waals surface area contributed by atoms with E-state index in [0.29, 0.717) is 16.1 Å². The van der Waals surface area contributed by atoms with Crippen molar-refractivity contribution in [3.8, 4) is 0 Å². The van der Waals surface area contributed by atoms with Gasteiger partial charge in [-0.25, -0.2) is 9.97 Å². The van der Waals surface area contributed by atoms with Gasteiger partial charge in [0.1, 0.15) is 0 Å². The van der Waals surface area contributed by atoms with E-state index in [9.17, 15) is 0 Å². The first-order valence-corrected chi connectivity index (χ1v) is 8.97. The third-order valence-corrected chi connectivity index (χ3v) is 5.26. The Balaban J connectivity index is 1.66. The van der Waals surface area contributed by atoms with Crippen LogP contribution in [0.2, 0.25) is 10.0 Å². The fourth-order valence-electron chi connectivity index (χ4n) is 3.16. The van der Waals surface area contributed by atoms with Crippen LogP contribution in [0.15, 0.2) is 30.5 Å². The quantitative estimate of drug-likeness (QED) is 0.813. The van der Waals surface area contributed by atoms with Crippen molar-refractivity contribution in [2.24, 2.45) is 0 Å². The maximum atomic E-state index is 6.13. The fourth-order valence-corrected chi connectivity index (χ4v) is 3.48. The largest absolute Gasteiger partial charge is 0.340 e. The number of hydrogen-bond donors (Lipinski definition) is 0. The van der Waals surface area contributed by atoms with Gasteiger partial charge in [-0.05, 0) is 50.1 Å². The Bertz CT molecular complexity index is 707. The van der Waals surface area contributed by atoms with Crippen molar-refractivity contribution in [2.75, 3.05) is 25.0 Å². The Labute approximate surface area is 153 Å². The molecule has 6 heteroatoms. The number of nitrogens with zero attached hydrogens (tertiary/aromatic N) is 4. The summed E-state index contributed by atoms with van der Waals surface area (Å²) in [4.78, 5) is 13.6. The van der Waals surface area contributed by atoms with Crippen LogP contribution >= 0.6 is 23.2 Å². The summed E-state index contributed by atoms with van der Waals surface area (Å²) in [6.07, 6.45) is 4.15. The first-order valence-electron chi connectivity index (χ1n) is 8.21. The number of aromatic nitrogens is 2. The van der Waals surface area contributed by atoms with Gasteiger partial charge >= 0.3 is 0 Å². The highest BCUT2D eigenvalue weighted by Gasteiger charge is 2.24. The van der Waals surface area contributed by atoms with Gasteiger partial charge in [0, 0.05) is 38.1 Å². The summed E-state index contributed by atoms with van der Waals surface area (Å²) < 4.78 is 0. The molecular formula is C18H22Cl2N4. The molecule has 0 spiro atoms. The molecule has 0 N–H and O–H groups in total. The van der Waals surface area contributed by atoms with Crippen LogP contribution in [0, 0.1) is 6.92 Å². The second kappa shape index (κ2) is 7.68. The number of halogens is 2. The fraction of sp³-hybridized carbons (Fsp3) is 0.444. The molecule has 24 heavy (non-hydrogen) atoms. The lowest BCUT2D eigenvalue weighted by molar-refractivity contribution is 0.198. The average Bonchev–Trinajstić information content (AvgIpc) is 2.58. The van der Waals surface area contributed by atoms with E-state index in [1.165, 1.54) is 12.0 Å². The molecule has 4 nitrogen and oxygen atoms in total. The molecule has 128 valence electrons. The molecule has 0 aliphatic carbocycles. The molecule has 1 fully saturated rings. The van der Waals surface area contributed by atoms with Gasteiger partial charge in [0.25, 0.3) is 0 Å². The first kappa shape index (κ1) is 17.5. The van der Waals surface area contributed by atoms with Crippen molar-refractivity contribution >= 4 is 29.2 Å². The Morgan fingerprint density at radius 2 is 2.08 bits per heavy atom. The molecule has 1 aromatic carbocycles. The third kappa shape index (κ3) is 4.18. The van der Waals surface area contributed by atoms with Crippen molar-refractivity contribution in [2.45, 2.75) is 32.4 Å². The van der Waals surface area contributed by atoms with Gasteiger partial charge in [-0.2, -0.15) is 0 Å². The van der Waals surface area contributed by atoms with Crippen LogP contribution in [0.5, 0.6) is 0 Å². The normalized spacial score (nSPS) is 18.6.